The van der Waals surface area contributed by atoms with Gasteiger partial charge in [0.2, 0.25) is 0 Å². The van der Waals surface area contributed by atoms with Crippen molar-refractivity contribution in [2.24, 2.45) is 0 Å². The van der Waals surface area contributed by atoms with Crippen molar-refractivity contribution in [3.05, 3.63) is 46.9 Å². The zero-order chi connectivity index (χ0) is 22.8. The van der Waals surface area contributed by atoms with Crippen molar-refractivity contribution in [2.75, 3.05) is 6.26 Å². The van der Waals surface area contributed by atoms with Gasteiger partial charge >= 0.3 is 42.8 Å². The van der Waals surface area contributed by atoms with E-state index in [1.165, 1.54) is 38.5 Å². The van der Waals surface area contributed by atoms with Gasteiger partial charge in [0, 0.05) is 6.26 Å². The molecule has 8 heteroatoms. The topological polar surface area (TPSA) is 54.4 Å². The molecular weight excluding hydrogens is 632 g/mol. The molecule has 1 aromatic rings. The number of allylic oxidation sites excluding steroid dienone is 1. The van der Waals surface area contributed by atoms with Gasteiger partial charge in [0.05, 0.1) is 6.10 Å². The van der Waals surface area contributed by atoms with Gasteiger partial charge in [-0.1, -0.05) is 88.6 Å². The molecule has 174 valence electrons. The maximum atomic E-state index is 12.0. The van der Waals surface area contributed by atoms with Crippen LogP contribution in [0.5, 0.6) is 0 Å². The van der Waals surface area contributed by atoms with Gasteiger partial charge in [-0.2, -0.15) is 6.42 Å². The van der Waals surface area contributed by atoms with Gasteiger partial charge in [-0.3, -0.25) is 0 Å². The molecule has 0 heterocycles. The van der Waals surface area contributed by atoms with Crippen molar-refractivity contribution in [1.29, 1.82) is 0 Å². The van der Waals surface area contributed by atoms with Crippen LogP contribution in [-0.2, 0) is 31.5 Å². The van der Waals surface area contributed by atoms with E-state index >= 15 is 0 Å². The Morgan fingerprint density at radius 2 is 1.50 bits per heavy atom. The molecule has 0 aliphatic rings. The van der Waals surface area contributed by atoms with E-state index in [9.17, 15) is 13.5 Å². The Hall–Kier alpha value is 0.480. The fourth-order valence-corrected chi connectivity index (χ4v) is 4.02. The van der Waals surface area contributed by atoms with Crippen molar-refractivity contribution < 1.29 is 28.7 Å². The molecule has 0 bridgehead atoms. The molecule has 0 spiro atoms. The Balaban J connectivity index is 0.00000192. The Morgan fingerprint density at radius 1 is 1.00 bits per heavy atom. The standard InChI is InChI=1S/C22H35O3S.3ClH.Ta/c1-3-4-5-6-7-8-9-10-14-17-22(26(2,24)25)21(23)19-18-20-15-12-11-13-16-20;;;;/h11-13,15-16,21,23H,3-10,14,18-19H2,1-2H3;3*1H;/q-1;;;;+3/p-3. The first-order chi connectivity index (χ1) is 14.2. The molecule has 0 saturated carbocycles. The molecule has 1 N–H and O–H groups in total. The van der Waals surface area contributed by atoms with Crippen molar-refractivity contribution in [3.8, 4) is 0 Å². The minimum atomic E-state index is -3.42. The summed E-state index contributed by atoms with van der Waals surface area (Å²) in [6, 6.07) is 9.81. The summed E-state index contributed by atoms with van der Waals surface area (Å²) in [5.74, 6) is 0. The van der Waals surface area contributed by atoms with Crippen LogP contribution in [0.2, 0.25) is 0 Å². The summed E-state index contributed by atoms with van der Waals surface area (Å²) in [6.07, 6.45) is 14.5. The molecule has 0 fully saturated rings. The van der Waals surface area contributed by atoms with Crippen LogP contribution in [0.4, 0.5) is 0 Å². The summed E-state index contributed by atoms with van der Waals surface area (Å²) in [6.45, 7) is 2.22. The van der Waals surface area contributed by atoms with Gasteiger partial charge in [0.15, 0.2) is 0 Å². The molecule has 0 aliphatic carbocycles. The number of hydrogen-bond acceptors (Lipinski definition) is 3. The normalized spacial score (nSPS) is 13.1. The zero-order valence-electron chi connectivity index (χ0n) is 18.0. The summed E-state index contributed by atoms with van der Waals surface area (Å²) >= 11 is -2.18. The minimum absolute atomic E-state index is 0.0661. The van der Waals surface area contributed by atoms with Crippen LogP contribution in [0, 0.1) is 6.08 Å². The van der Waals surface area contributed by atoms with E-state index in [1.54, 1.807) is 0 Å². The van der Waals surface area contributed by atoms with E-state index in [4.69, 9.17) is 27.6 Å². The van der Waals surface area contributed by atoms with Crippen molar-refractivity contribution in [3.63, 3.8) is 0 Å². The van der Waals surface area contributed by atoms with E-state index in [0.717, 1.165) is 24.7 Å². The molecule has 1 atom stereocenters. The van der Waals surface area contributed by atoms with E-state index < -0.39 is 31.1 Å². The molecule has 30 heavy (non-hydrogen) atoms. The van der Waals surface area contributed by atoms with Gasteiger partial charge in [0.25, 0.3) is 0 Å². The number of unbranched alkanes of at least 4 members (excludes halogenated alkanes) is 8. The Labute approximate surface area is 201 Å². The number of benzene rings is 1. The molecule has 3 nitrogen and oxygen atoms in total. The van der Waals surface area contributed by atoms with Crippen LogP contribution in [0.15, 0.2) is 35.2 Å². The first kappa shape index (κ1) is 30.5. The summed E-state index contributed by atoms with van der Waals surface area (Å²) in [4.78, 5) is 0.0661. The molecule has 1 unspecified atom stereocenters. The molecule has 0 aliphatic heterocycles. The van der Waals surface area contributed by atoms with Crippen molar-refractivity contribution >= 4 is 37.4 Å². The fourth-order valence-electron chi connectivity index (χ4n) is 3.05. The monoisotopic (exact) mass is 665 g/mol. The second kappa shape index (κ2) is 19.0. The summed E-state index contributed by atoms with van der Waals surface area (Å²) in [7, 11) is 11.6. The molecule has 1 aromatic carbocycles. The van der Waals surface area contributed by atoms with Crippen LogP contribution in [-0.4, -0.2) is 25.9 Å². The van der Waals surface area contributed by atoms with Crippen LogP contribution >= 0.6 is 27.6 Å². The number of aliphatic hydroxyl groups excluding tert-OH is 1. The predicted octanol–water partition coefficient (Wildman–Crippen LogP) is 7.31. The summed E-state index contributed by atoms with van der Waals surface area (Å²) in [5.41, 5.74) is 1.10. The molecule has 0 amide bonds. The number of aliphatic hydroxyl groups is 1. The van der Waals surface area contributed by atoms with Gasteiger partial charge in [-0.25, -0.2) is 8.42 Å². The van der Waals surface area contributed by atoms with Crippen molar-refractivity contribution in [2.45, 2.75) is 83.7 Å². The SMILES string of the molecule is CCCCCCCCCC[C-]=C(C(O)CCc1ccccc1)S(C)(=O)=O.[Cl][Ta]([Cl])[Cl]. The van der Waals surface area contributed by atoms with E-state index in [2.05, 4.69) is 13.0 Å². The molecule has 0 radical (unpaired) electrons. The second-order valence-corrected chi connectivity index (χ2v) is 23.2. The number of rotatable bonds is 14. The molecule has 0 aromatic heterocycles. The third kappa shape index (κ3) is 18.1. The molecule has 1 rings (SSSR count). The number of aryl methyl sites for hydroxylation is 1. The second-order valence-electron chi connectivity index (χ2n) is 7.27. The van der Waals surface area contributed by atoms with Gasteiger partial charge in [-0.15, -0.1) is 4.91 Å². The Kier molecular flexibility index (Phi) is 19.3. The average molecular weight is 667 g/mol. The zero-order valence-corrected chi connectivity index (χ0v) is 24.3. The first-order valence-electron chi connectivity index (χ1n) is 10.5. The maximum absolute atomic E-state index is 12.0. The first-order valence-corrected chi connectivity index (χ1v) is 24.3. The fraction of sp³-hybridized carbons (Fsp3) is 0.636. The summed E-state index contributed by atoms with van der Waals surface area (Å²) in [5, 5.41) is 10.4. The van der Waals surface area contributed by atoms with E-state index in [-0.39, 0.29) is 4.91 Å². The van der Waals surface area contributed by atoms with Crippen LogP contribution in [0.25, 0.3) is 0 Å². The Morgan fingerprint density at radius 3 is 2.00 bits per heavy atom. The molecule has 0 saturated heterocycles. The van der Waals surface area contributed by atoms with Crippen LogP contribution < -0.4 is 0 Å². The number of hydrogen-bond donors (Lipinski definition) is 1. The molecular formula is C22H35Cl3O3STa-. The van der Waals surface area contributed by atoms with E-state index in [0.29, 0.717) is 19.3 Å². The number of sulfone groups is 1. The van der Waals surface area contributed by atoms with Crippen LogP contribution in [0.3, 0.4) is 0 Å². The number of halogens is 3. The van der Waals surface area contributed by atoms with Crippen LogP contribution in [0.1, 0.15) is 76.7 Å². The van der Waals surface area contributed by atoms with E-state index in [1.807, 2.05) is 30.3 Å². The van der Waals surface area contributed by atoms with Gasteiger partial charge < -0.3 is 11.2 Å². The average Bonchev–Trinajstić information content (AvgIpc) is 2.67. The Bertz CT molecular complexity index is 665. The third-order valence-corrected chi connectivity index (χ3v) is 5.80. The van der Waals surface area contributed by atoms with Crippen molar-refractivity contribution in [1.82, 2.24) is 0 Å². The predicted molar refractivity (Wildman–Crippen MR) is 127 cm³/mol. The van der Waals surface area contributed by atoms with Gasteiger partial charge in [-0.05, 0) is 18.4 Å². The summed E-state index contributed by atoms with van der Waals surface area (Å²) < 4.78 is 24.0. The quantitative estimate of drug-likeness (QED) is 0.167. The third-order valence-electron chi connectivity index (χ3n) is 4.58. The van der Waals surface area contributed by atoms with Gasteiger partial charge in [0.1, 0.15) is 9.84 Å².